The molecule has 1 saturated carbocycles. The molecule has 0 bridgehead atoms. The molecule has 0 radical (unpaired) electrons. The van der Waals surface area contributed by atoms with E-state index in [1.54, 1.807) is 30.3 Å². The maximum Gasteiger partial charge on any atom is 0.248 e. The van der Waals surface area contributed by atoms with E-state index in [1.165, 1.54) is 18.2 Å². The minimum Gasteiger partial charge on any atom is -0.321 e. The molecule has 0 heterocycles. The predicted molar refractivity (Wildman–Crippen MR) is 104 cm³/mol. The van der Waals surface area contributed by atoms with Gasteiger partial charge < -0.3 is 5.32 Å². The second-order valence-corrected chi connectivity index (χ2v) is 8.39. The molecule has 7 heteroatoms. The highest BCUT2D eigenvalue weighted by Crippen LogP contribution is 2.23. The Kier molecular flexibility index (Phi) is 5.46. The van der Waals surface area contributed by atoms with Gasteiger partial charge in [0, 0.05) is 12.1 Å². The zero-order valence-corrected chi connectivity index (χ0v) is 15.8. The van der Waals surface area contributed by atoms with E-state index in [0.717, 1.165) is 24.0 Å². The van der Waals surface area contributed by atoms with E-state index in [-0.39, 0.29) is 16.8 Å². The van der Waals surface area contributed by atoms with Crippen molar-refractivity contribution in [2.24, 2.45) is 0 Å². The standard InChI is InChI=1S/C19H19ClN2O3S/c1-13-2-10-18(17(20)12-13)21-19(23)11-5-14-3-8-16(9-4-14)26(24,25)22-15-6-7-15/h2-5,8-12,15,22H,6-7H2,1H3,(H,21,23)/b11-5+. The summed E-state index contributed by atoms with van der Waals surface area (Å²) in [6, 6.07) is 11.8. The van der Waals surface area contributed by atoms with Crippen LogP contribution in [0.3, 0.4) is 0 Å². The van der Waals surface area contributed by atoms with Crippen molar-refractivity contribution in [3.05, 3.63) is 64.7 Å². The van der Waals surface area contributed by atoms with Crippen molar-refractivity contribution in [1.82, 2.24) is 4.72 Å². The molecule has 0 unspecified atom stereocenters. The van der Waals surface area contributed by atoms with E-state index >= 15 is 0 Å². The summed E-state index contributed by atoms with van der Waals surface area (Å²) in [7, 11) is -3.46. The highest BCUT2D eigenvalue weighted by atomic mass is 35.5. The first-order chi connectivity index (χ1) is 12.3. The number of aryl methyl sites for hydroxylation is 1. The lowest BCUT2D eigenvalue weighted by Crippen LogP contribution is -2.25. The molecule has 0 atom stereocenters. The lowest BCUT2D eigenvalue weighted by atomic mass is 10.2. The minimum absolute atomic E-state index is 0.0665. The molecule has 1 aliphatic rings. The maximum absolute atomic E-state index is 12.1. The average Bonchev–Trinajstić information content (AvgIpc) is 3.39. The third-order valence-electron chi connectivity index (χ3n) is 3.90. The number of amides is 1. The van der Waals surface area contributed by atoms with Gasteiger partial charge in [0.2, 0.25) is 15.9 Å². The number of nitrogens with one attached hydrogen (secondary N) is 2. The van der Waals surface area contributed by atoms with Crippen LogP contribution >= 0.6 is 11.6 Å². The van der Waals surface area contributed by atoms with Gasteiger partial charge in [0.05, 0.1) is 15.6 Å². The van der Waals surface area contributed by atoms with Crippen molar-refractivity contribution in [1.29, 1.82) is 0 Å². The Morgan fingerprint density at radius 3 is 2.46 bits per heavy atom. The van der Waals surface area contributed by atoms with Gasteiger partial charge in [-0.2, -0.15) is 0 Å². The third-order valence-corrected chi connectivity index (χ3v) is 5.75. The van der Waals surface area contributed by atoms with Gasteiger partial charge in [-0.25, -0.2) is 13.1 Å². The Labute approximate surface area is 158 Å². The van der Waals surface area contributed by atoms with Crippen molar-refractivity contribution in [2.45, 2.75) is 30.7 Å². The minimum atomic E-state index is -3.46. The summed E-state index contributed by atoms with van der Waals surface area (Å²) >= 11 is 6.09. The molecule has 0 spiro atoms. The number of carbonyl (C=O) groups excluding carboxylic acids is 1. The summed E-state index contributed by atoms with van der Waals surface area (Å²) in [6.45, 7) is 1.92. The largest absolute Gasteiger partial charge is 0.321 e. The number of hydrogen-bond acceptors (Lipinski definition) is 3. The highest BCUT2D eigenvalue weighted by molar-refractivity contribution is 7.89. The van der Waals surface area contributed by atoms with Gasteiger partial charge in [-0.05, 0) is 61.2 Å². The summed E-state index contributed by atoms with van der Waals surface area (Å²) in [6.07, 6.45) is 4.77. The van der Waals surface area contributed by atoms with E-state index in [2.05, 4.69) is 10.0 Å². The van der Waals surface area contributed by atoms with Crippen LogP contribution < -0.4 is 10.0 Å². The van der Waals surface area contributed by atoms with Crippen LogP contribution in [-0.2, 0) is 14.8 Å². The first-order valence-corrected chi connectivity index (χ1v) is 10.1. The van der Waals surface area contributed by atoms with E-state index in [0.29, 0.717) is 10.7 Å². The molecule has 136 valence electrons. The molecule has 5 nitrogen and oxygen atoms in total. The van der Waals surface area contributed by atoms with Crippen molar-refractivity contribution < 1.29 is 13.2 Å². The lowest BCUT2D eigenvalue weighted by molar-refractivity contribution is -0.111. The highest BCUT2D eigenvalue weighted by Gasteiger charge is 2.27. The van der Waals surface area contributed by atoms with E-state index < -0.39 is 10.0 Å². The number of benzene rings is 2. The van der Waals surface area contributed by atoms with Crippen LogP contribution in [0.5, 0.6) is 0 Å². The molecule has 26 heavy (non-hydrogen) atoms. The van der Waals surface area contributed by atoms with E-state index in [1.807, 2.05) is 13.0 Å². The van der Waals surface area contributed by atoms with Crippen molar-refractivity contribution in [2.75, 3.05) is 5.32 Å². The second-order valence-electron chi connectivity index (χ2n) is 6.27. The third kappa shape index (κ3) is 4.94. The molecule has 0 aliphatic heterocycles. The van der Waals surface area contributed by atoms with Crippen LogP contribution in [0.15, 0.2) is 53.4 Å². The molecule has 1 fully saturated rings. The lowest BCUT2D eigenvalue weighted by Gasteiger charge is -2.06. The van der Waals surface area contributed by atoms with Crippen LogP contribution in [0, 0.1) is 6.92 Å². The Bertz CT molecular complexity index is 949. The average molecular weight is 391 g/mol. The topological polar surface area (TPSA) is 75.3 Å². The number of anilines is 1. The molecular formula is C19H19ClN2O3S. The number of rotatable bonds is 6. The van der Waals surface area contributed by atoms with Gasteiger partial charge >= 0.3 is 0 Å². The second kappa shape index (κ2) is 7.61. The fourth-order valence-electron chi connectivity index (χ4n) is 2.31. The Hall–Kier alpha value is -2.15. The Morgan fingerprint density at radius 2 is 1.85 bits per heavy atom. The summed E-state index contributed by atoms with van der Waals surface area (Å²) in [5.74, 6) is -0.317. The van der Waals surface area contributed by atoms with E-state index in [4.69, 9.17) is 11.6 Å². The monoisotopic (exact) mass is 390 g/mol. The number of halogens is 1. The molecule has 1 aliphatic carbocycles. The molecule has 0 aromatic heterocycles. The maximum atomic E-state index is 12.1. The summed E-state index contributed by atoms with van der Waals surface area (Å²) in [4.78, 5) is 12.2. The zero-order valence-electron chi connectivity index (χ0n) is 14.2. The van der Waals surface area contributed by atoms with Gasteiger partial charge in [-0.3, -0.25) is 4.79 Å². The normalized spacial score (nSPS) is 14.5. The fourth-order valence-corrected chi connectivity index (χ4v) is 3.90. The van der Waals surface area contributed by atoms with Crippen molar-refractivity contribution in [3.63, 3.8) is 0 Å². The smallest absolute Gasteiger partial charge is 0.248 e. The van der Waals surface area contributed by atoms with E-state index in [9.17, 15) is 13.2 Å². The molecule has 2 aromatic carbocycles. The zero-order chi connectivity index (χ0) is 18.7. The fraction of sp³-hybridized carbons (Fsp3) is 0.211. The first kappa shape index (κ1) is 18.6. The van der Waals surface area contributed by atoms with Crippen LogP contribution in [-0.4, -0.2) is 20.4 Å². The quantitative estimate of drug-likeness (QED) is 0.738. The Balaban J connectivity index is 1.63. The van der Waals surface area contributed by atoms with Gasteiger partial charge in [0.15, 0.2) is 0 Å². The summed E-state index contributed by atoms with van der Waals surface area (Å²) in [5, 5.41) is 3.18. The number of sulfonamides is 1. The van der Waals surface area contributed by atoms with Crippen LogP contribution in [0.4, 0.5) is 5.69 Å². The van der Waals surface area contributed by atoms with Crippen molar-refractivity contribution in [3.8, 4) is 0 Å². The van der Waals surface area contributed by atoms with Gasteiger partial charge in [-0.1, -0.05) is 29.8 Å². The molecular weight excluding hydrogens is 372 g/mol. The molecule has 1 amide bonds. The number of carbonyl (C=O) groups is 1. The van der Waals surface area contributed by atoms with Crippen LogP contribution in [0.25, 0.3) is 6.08 Å². The van der Waals surface area contributed by atoms with Gasteiger partial charge in [0.25, 0.3) is 0 Å². The van der Waals surface area contributed by atoms with Crippen LogP contribution in [0.2, 0.25) is 5.02 Å². The summed E-state index contributed by atoms with van der Waals surface area (Å²) < 4.78 is 26.9. The molecule has 0 saturated heterocycles. The number of hydrogen-bond donors (Lipinski definition) is 2. The SMILES string of the molecule is Cc1ccc(NC(=O)/C=C/c2ccc(S(=O)(=O)NC3CC3)cc2)c(Cl)c1. The van der Waals surface area contributed by atoms with Gasteiger partial charge in [-0.15, -0.1) is 0 Å². The molecule has 3 rings (SSSR count). The molecule has 2 aromatic rings. The first-order valence-electron chi connectivity index (χ1n) is 8.21. The molecule has 2 N–H and O–H groups in total. The van der Waals surface area contributed by atoms with Gasteiger partial charge in [0.1, 0.15) is 0 Å². The Morgan fingerprint density at radius 1 is 1.15 bits per heavy atom. The van der Waals surface area contributed by atoms with Crippen LogP contribution in [0.1, 0.15) is 24.0 Å². The predicted octanol–water partition coefficient (Wildman–Crippen LogP) is 3.74. The van der Waals surface area contributed by atoms with Crippen molar-refractivity contribution >= 4 is 39.3 Å². The summed E-state index contributed by atoms with van der Waals surface area (Å²) in [5.41, 5.74) is 2.27.